The molecule has 2 atom stereocenters. The number of halogens is 1. The van der Waals surface area contributed by atoms with Crippen molar-refractivity contribution >= 4 is 11.8 Å². The Labute approximate surface area is 205 Å². The van der Waals surface area contributed by atoms with Crippen LogP contribution in [0.5, 0.6) is 17.2 Å². The van der Waals surface area contributed by atoms with Gasteiger partial charge in [0.05, 0.1) is 26.7 Å². The molecule has 35 heavy (non-hydrogen) atoms. The van der Waals surface area contributed by atoms with Gasteiger partial charge in [0.25, 0.3) is 0 Å². The molecule has 0 bridgehead atoms. The average molecular weight is 488 g/mol. The molecule has 0 spiro atoms. The van der Waals surface area contributed by atoms with Gasteiger partial charge >= 0.3 is 0 Å². The summed E-state index contributed by atoms with van der Waals surface area (Å²) in [5, 5.41) is 5.60. The first-order valence-corrected chi connectivity index (χ1v) is 11.7. The van der Waals surface area contributed by atoms with E-state index in [0.29, 0.717) is 56.5 Å². The van der Waals surface area contributed by atoms with E-state index < -0.39 is 0 Å². The maximum atomic E-state index is 13.5. The number of hydrogen-bond donors (Lipinski definition) is 2. The fourth-order valence-electron chi connectivity index (χ4n) is 4.32. The number of nitrogens with zero attached hydrogens (tertiary/aromatic N) is 1. The highest BCUT2D eigenvalue weighted by Gasteiger charge is 2.32. The van der Waals surface area contributed by atoms with E-state index in [0.717, 1.165) is 12.1 Å². The number of carbonyl (C=O) groups is 2. The van der Waals surface area contributed by atoms with Crippen LogP contribution in [0.15, 0.2) is 42.5 Å². The van der Waals surface area contributed by atoms with Crippen LogP contribution in [0.25, 0.3) is 0 Å². The lowest BCUT2D eigenvalue weighted by Crippen LogP contribution is -2.48. The molecule has 3 rings (SSSR count). The second kappa shape index (κ2) is 12.9. The van der Waals surface area contributed by atoms with Crippen LogP contribution < -0.4 is 24.8 Å². The Morgan fingerprint density at radius 3 is 2.51 bits per heavy atom. The normalized spacial score (nSPS) is 17.9. The molecule has 2 amide bonds. The molecule has 2 aromatic rings. The summed E-state index contributed by atoms with van der Waals surface area (Å²) in [5.74, 6) is 1.10. The average Bonchev–Trinajstić information content (AvgIpc) is 2.85. The fraction of sp³-hybridized carbons (Fsp3) is 0.462. The first-order chi connectivity index (χ1) is 16.9. The zero-order valence-electron chi connectivity index (χ0n) is 20.5. The Bertz CT molecular complexity index is 1000. The van der Waals surface area contributed by atoms with Crippen molar-refractivity contribution in [3.63, 3.8) is 0 Å². The third kappa shape index (κ3) is 8.13. The van der Waals surface area contributed by atoms with Crippen LogP contribution in [0, 0.1) is 17.7 Å². The number of nitrogens with one attached hydrogen (secondary N) is 2. The summed E-state index contributed by atoms with van der Waals surface area (Å²) in [6.07, 6.45) is 0.656. The summed E-state index contributed by atoms with van der Waals surface area (Å²) in [6, 6.07) is 11.9. The summed E-state index contributed by atoms with van der Waals surface area (Å²) < 4.78 is 30.2. The van der Waals surface area contributed by atoms with Crippen molar-refractivity contribution in [1.82, 2.24) is 15.5 Å². The molecule has 190 valence electrons. The molecular weight excluding hydrogens is 453 g/mol. The molecule has 9 heteroatoms. The molecule has 0 unspecified atom stereocenters. The minimum absolute atomic E-state index is 0.0527. The zero-order valence-corrected chi connectivity index (χ0v) is 20.5. The van der Waals surface area contributed by atoms with Gasteiger partial charge in [0.2, 0.25) is 11.8 Å². The van der Waals surface area contributed by atoms with Gasteiger partial charge in [-0.1, -0.05) is 12.1 Å². The lowest BCUT2D eigenvalue weighted by atomic mass is 9.88. The summed E-state index contributed by atoms with van der Waals surface area (Å²) >= 11 is 0. The molecule has 1 aliphatic heterocycles. The Morgan fingerprint density at radius 2 is 1.80 bits per heavy atom. The van der Waals surface area contributed by atoms with Gasteiger partial charge in [-0.25, -0.2) is 4.39 Å². The highest BCUT2D eigenvalue weighted by Crippen LogP contribution is 2.30. The smallest absolute Gasteiger partial charge is 0.224 e. The SMILES string of the molecule is COc1ccc(CN2C[C@@H](COc3cccc(F)c3)C[C@@H](C(=O)NCCNC(C)=O)C2)cc1OC. The molecule has 0 aliphatic carbocycles. The zero-order chi connectivity index (χ0) is 25.2. The third-order valence-electron chi connectivity index (χ3n) is 5.92. The summed E-state index contributed by atoms with van der Waals surface area (Å²) in [6.45, 7) is 4.53. The van der Waals surface area contributed by atoms with E-state index in [9.17, 15) is 14.0 Å². The number of methoxy groups -OCH3 is 2. The molecule has 2 aromatic carbocycles. The Morgan fingerprint density at radius 1 is 1.03 bits per heavy atom. The quantitative estimate of drug-likeness (QED) is 0.474. The van der Waals surface area contributed by atoms with E-state index >= 15 is 0 Å². The monoisotopic (exact) mass is 487 g/mol. The summed E-state index contributed by atoms with van der Waals surface area (Å²) in [7, 11) is 3.20. The van der Waals surface area contributed by atoms with Crippen molar-refractivity contribution in [2.45, 2.75) is 19.9 Å². The first-order valence-electron chi connectivity index (χ1n) is 11.7. The molecule has 8 nitrogen and oxygen atoms in total. The van der Waals surface area contributed by atoms with Crippen molar-refractivity contribution in [2.24, 2.45) is 11.8 Å². The van der Waals surface area contributed by atoms with Crippen LogP contribution in [0.2, 0.25) is 0 Å². The largest absolute Gasteiger partial charge is 0.493 e. The van der Waals surface area contributed by atoms with Crippen molar-refractivity contribution in [3.05, 3.63) is 53.8 Å². The standard InChI is InChI=1S/C26H34FN3O5/c1-18(31)28-9-10-29-26(32)21-11-20(17-35-23-6-4-5-22(27)13-23)15-30(16-21)14-19-7-8-24(33-2)25(12-19)34-3/h4-8,12-13,20-21H,9-11,14-17H2,1-3H3,(H,28,31)(H,29,32)/t20-,21+/m0/s1. The van der Waals surface area contributed by atoms with E-state index in [4.69, 9.17) is 14.2 Å². The molecule has 0 aromatic heterocycles. The van der Waals surface area contributed by atoms with E-state index in [1.807, 2.05) is 18.2 Å². The molecule has 2 N–H and O–H groups in total. The van der Waals surface area contributed by atoms with Crippen LogP contribution in [0.3, 0.4) is 0 Å². The van der Waals surface area contributed by atoms with E-state index in [-0.39, 0.29) is 29.5 Å². The maximum Gasteiger partial charge on any atom is 0.224 e. The van der Waals surface area contributed by atoms with E-state index in [1.165, 1.54) is 19.1 Å². The van der Waals surface area contributed by atoms with Crippen LogP contribution in [-0.2, 0) is 16.1 Å². The fourth-order valence-corrected chi connectivity index (χ4v) is 4.32. The van der Waals surface area contributed by atoms with Gasteiger partial charge in [0, 0.05) is 51.6 Å². The summed E-state index contributed by atoms with van der Waals surface area (Å²) in [5.41, 5.74) is 1.04. The minimum Gasteiger partial charge on any atom is -0.493 e. The predicted octanol–water partition coefficient (Wildman–Crippen LogP) is 2.61. The van der Waals surface area contributed by atoms with Crippen molar-refractivity contribution in [3.8, 4) is 17.2 Å². The lowest BCUT2D eigenvalue weighted by molar-refractivity contribution is -0.128. The minimum atomic E-state index is -0.349. The molecule has 1 heterocycles. The Kier molecular flexibility index (Phi) is 9.72. The maximum absolute atomic E-state index is 13.5. The van der Waals surface area contributed by atoms with Gasteiger partial charge in [-0.05, 0) is 36.2 Å². The number of likely N-dealkylation sites (tertiary alicyclic amines) is 1. The van der Waals surface area contributed by atoms with E-state index in [2.05, 4.69) is 15.5 Å². The van der Waals surface area contributed by atoms with Crippen LogP contribution >= 0.6 is 0 Å². The van der Waals surface area contributed by atoms with Crippen LogP contribution in [0.4, 0.5) is 4.39 Å². The number of hydrogen-bond acceptors (Lipinski definition) is 6. The Balaban J connectivity index is 1.67. The molecule has 1 saturated heterocycles. The Hall–Kier alpha value is -3.33. The van der Waals surface area contributed by atoms with Gasteiger partial charge in [0.15, 0.2) is 11.5 Å². The molecule has 1 aliphatic rings. The molecule has 1 fully saturated rings. The number of carbonyl (C=O) groups excluding carboxylic acids is 2. The van der Waals surface area contributed by atoms with Crippen molar-refractivity contribution < 1.29 is 28.2 Å². The number of rotatable bonds is 11. The van der Waals surface area contributed by atoms with Gasteiger partial charge in [-0.3, -0.25) is 14.5 Å². The molecular formula is C26H34FN3O5. The van der Waals surface area contributed by atoms with Gasteiger partial charge in [-0.2, -0.15) is 0 Å². The highest BCUT2D eigenvalue weighted by molar-refractivity contribution is 5.79. The van der Waals surface area contributed by atoms with Crippen LogP contribution in [0.1, 0.15) is 18.9 Å². The molecule has 0 saturated carbocycles. The summed E-state index contributed by atoms with van der Waals surface area (Å²) in [4.78, 5) is 26.2. The van der Waals surface area contributed by atoms with Gasteiger partial charge < -0.3 is 24.8 Å². The number of piperidine rings is 1. The second-order valence-electron chi connectivity index (χ2n) is 8.72. The molecule has 0 radical (unpaired) electrons. The van der Waals surface area contributed by atoms with Gasteiger partial charge in [-0.15, -0.1) is 0 Å². The number of benzene rings is 2. The van der Waals surface area contributed by atoms with E-state index in [1.54, 1.807) is 26.4 Å². The van der Waals surface area contributed by atoms with Gasteiger partial charge in [0.1, 0.15) is 11.6 Å². The number of amides is 2. The second-order valence-corrected chi connectivity index (χ2v) is 8.72. The number of ether oxygens (including phenoxy) is 3. The highest BCUT2D eigenvalue weighted by atomic mass is 19.1. The lowest BCUT2D eigenvalue weighted by Gasteiger charge is -2.37. The third-order valence-corrected chi connectivity index (χ3v) is 5.92. The predicted molar refractivity (Wildman–Crippen MR) is 130 cm³/mol. The topological polar surface area (TPSA) is 89.1 Å². The first kappa shape index (κ1) is 26.3. The van der Waals surface area contributed by atoms with Crippen molar-refractivity contribution in [1.29, 1.82) is 0 Å². The van der Waals surface area contributed by atoms with Crippen molar-refractivity contribution in [2.75, 3.05) is 47.0 Å². The van der Waals surface area contributed by atoms with Crippen LogP contribution in [-0.4, -0.2) is 63.7 Å².